The van der Waals surface area contributed by atoms with Crippen molar-refractivity contribution in [1.29, 1.82) is 0 Å². The van der Waals surface area contributed by atoms with Crippen LogP contribution in [0, 0.1) is 27.2 Å². The number of hydrogen-bond acceptors (Lipinski definition) is 6. The number of hydrogen-bond donors (Lipinski definition) is 0. The Morgan fingerprint density at radius 3 is 2.09 bits per heavy atom. The van der Waals surface area contributed by atoms with Gasteiger partial charge in [0.05, 0.1) is 19.6 Å². The molecule has 0 spiro atoms. The molecule has 9 heteroatoms. The van der Waals surface area contributed by atoms with Crippen molar-refractivity contribution in [3.63, 3.8) is 0 Å². The normalized spacial score (nSPS) is 11.1. The van der Waals surface area contributed by atoms with Gasteiger partial charge in [-0.2, -0.15) is 0 Å². The largest absolute Gasteiger partial charge is 0.272 e. The second-order valence-corrected chi connectivity index (χ2v) is 6.41. The molecular formula is C13H10N2O6S. The van der Waals surface area contributed by atoms with Gasteiger partial charge in [-0.3, -0.25) is 20.2 Å². The van der Waals surface area contributed by atoms with Gasteiger partial charge in [-0.05, 0) is 25.1 Å². The third kappa shape index (κ3) is 2.79. The van der Waals surface area contributed by atoms with E-state index in [0.29, 0.717) is 0 Å². The molecule has 2 aromatic carbocycles. The average molecular weight is 322 g/mol. The van der Waals surface area contributed by atoms with Crippen LogP contribution in [0.25, 0.3) is 0 Å². The minimum Gasteiger partial charge on any atom is -0.258 e. The van der Waals surface area contributed by atoms with E-state index in [4.69, 9.17) is 0 Å². The first kappa shape index (κ1) is 15.6. The van der Waals surface area contributed by atoms with Gasteiger partial charge < -0.3 is 0 Å². The lowest BCUT2D eigenvalue weighted by Crippen LogP contribution is -2.04. The summed E-state index contributed by atoms with van der Waals surface area (Å²) < 4.78 is 24.9. The second kappa shape index (κ2) is 5.53. The fourth-order valence-corrected chi connectivity index (χ4v) is 3.29. The van der Waals surface area contributed by atoms with Crippen molar-refractivity contribution in [1.82, 2.24) is 0 Å². The first-order valence-corrected chi connectivity index (χ1v) is 7.46. The van der Waals surface area contributed by atoms with E-state index in [0.717, 1.165) is 18.2 Å². The van der Waals surface area contributed by atoms with Crippen molar-refractivity contribution in [3.05, 3.63) is 68.3 Å². The number of rotatable bonds is 4. The topological polar surface area (TPSA) is 120 Å². The van der Waals surface area contributed by atoms with E-state index in [1.807, 2.05) is 0 Å². The Morgan fingerprint density at radius 2 is 1.55 bits per heavy atom. The zero-order valence-electron chi connectivity index (χ0n) is 11.3. The van der Waals surface area contributed by atoms with E-state index in [1.54, 1.807) is 0 Å². The lowest BCUT2D eigenvalue weighted by Gasteiger charge is -2.06. The van der Waals surface area contributed by atoms with E-state index in [1.165, 1.54) is 31.2 Å². The van der Waals surface area contributed by atoms with Crippen molar-refractivity contribution >= 4 is 21.2 Å². The number of nitro groups is 2. The molecule has 8 nitrogen and oxygen atoms in total. The highest BCUT2D eigenvalue weighted by atomic mass is 32.2. The summed E-state index contributed by atoms with van der Waals surface area (Å²) in [5.74, 6) is 0. The summed E-state index contributed by atoms with van der Waals surface area (Å²) in [6, 6.07) is 8.01. The predicted molar refractivity (Wildman–Crippen MR) is 76.4 cm³/mol. The molecule has 0 radical (unpaired) electrons. The zero-order valence-corrected chi connectivity index (χ0v) is 12.1. The highest BCUT2D eigenvalue weighted by molar-refractivity contribution is 7.91. The Morgan fingerprint density at radius 1 is 0.909 bits per heavy atom. The van der Waals surface area contributed by atoms with Crippen LogP contribution in [-0.4, -0.2) is 18.3 Å². The van der Waals surface area contributed by atoms with Gasteiger partial charge in [0, 0.05) is 23.8 Å². The SMILES string of the molecule is Cc1cc(S(=O)(=O)c2cccc([N+](=O)[O-])c2)ccc1[N+](=O)[O-]. The fraction of sp³-hybridized carbons (Fsp3) is 0.0769. The molecule has 0 heterocycles. The van der Waals surface area contributed by atoms with Gasteiger partial charge in [0.15, 0.2) is 0 Å². The Balaban J connectivity index is 2.56. The van der Waals surface area contributed by atoms with Gasteiger partial charge >= 0.3 is 0 Å². The summed E-state index contributed by atoms with van der Waals surface area (Å²) in [7, 11) is -3.99. The predicted octanol–water partition coefficient (Wildman–Crippen LogP) is 2.64. The number of nitrogens with zero attached hydrogens (tertiary/aromatic N) is 2. The molecule has 0 aromatic heterocycles. The van der Waals surface area contributed by atoms with Crippen LogP contribution in [0.15, 0.2) is 52.3 Å². The van der Waals surface area contributed by atoms with Crippen molar-refractivity contribution < 1.29 is 18.3 Å². The number of nitro benzene ring substituents is 2. The first-order valence-electron chi connectivity index (χ1n) is 5.98. The summed E-state index contributed by atoms with van der Waals surface area (Å²) in [5, 5.41) is 21.5. The minimum atomic E-state index is -3.99. The summed E-state index contributed by atoms with van der Waals surface area (Å²) in [6.45, 7) is 1.42. The molecule has 114 valence electrons. The van der Waals surface area contributed by atoms with Gasteiger partial charge in [0.2, 0.25) is 9.84 Å². The fourth-order valence-electron chi connectivity index (χ4n) is 1.90. The van der Waals surface area contributed by atoms with Crippen molar-refractivity contribution in [2.45, 2.75) is 16.7 Å². The van der Waals surface area contributed by atoms with Crippen LogP contribution in [0.1, 0.15) is 5.56 Å². The number of aryl methyl sites for hydroxylation is 1. The maximum atomic E-state index is 12.4. The Hall–Kier alpha value is -2.81. The third-order valence-electron chi connectivity index (χ3n) is 3.01. The summed E-state index contributed by atoms with van der Waals surface area (Å²) >= 11 is 0. The molecule has 0 aliphatic heterocycles. The monoisotopic (exact) mass is 322 g/mol. The quantitative estimate of drug-likeness (QED) is 0.630. The van der Waals surface area contributed by atoms with Crippen LogP contribution >= 0.6 is 0 Å². The molecule has 0 fully saturated rings. The van der Waals surface area contributed by atoms with E-state index >= 15 is 0 Å². The molecule has 0 unspecified atom stereocenters. The van der Waals surface area contributed by atoms with Crippen LogP contribution in [0.2, 0.25) is 0 Å². The van der Waals surface area contributed by atoms with Gasteiger partial charge in [0.25, 0.3) is 11.4 Å². The van der Waals surface area contributed by atoms with Crippen LogP contribution in [0.3, 0.4) is 0 Å². The van der Waals surface area contributed by atoms with Gasteiger partial charge in [-0.15, -0.1) is 0 Å². The van der Waals surface area contributed by atoms with Crippen molar-refractivity contribution in [2.75, 3.05) is 0 Å². The number of non-ortho nitro benzene ring substituents is 1. The molecule has 2 rings (SSSR count). The van der Waals surface area contributed by atoms with E-state index < -0.39 is 19.7 Å². The van der Waals surface area contributed by atoms with E-state index in [2.05, 4.69) is 0 Å². The number of sulfone groups is 1. The zero-order chi connectivity index (χ0) is 16.5. The molecule has 0 aliphatic rings. The van der Waals surface area contributed by atoms with Crippen LogP contribution in [-0.2, 0) is 9.84 Å². The maximum Gasteiger partial charge on any atom is 0.272 e. The maximum absolute atomic E-state index is 12.4. The van der Waals surface area contributed by atoms with Crippen LogP contribution in [0.4, 0.5) is 11.4 Å². The standard InChI is InChI=1S/C13H10N2O6S/c1-9-7-12(5-6-13(9)15(18)19)22(20,21)11-4-2-3-10(8-11)14(16)17/h2-8H,1H3. The average Bonchev–Trinajstić information content (AvgIpc) is 2.46. The van der Waals surface area contributed by atoms with Crippen molar-refractivity contribution in [2.24, 2.45) is 0 Å². The summed E-state index contributed by atoms with van der Waals surface area (Å²) in [5.41, 5.74) is -0.353. The molecule has 0 atom stereocenters. The highest BCUT2D eigenvalue weighted by Crippen LogP contribution is 2.27. The van der Waals surface area contributed by atoms with Gasteiger partial charge in [-0.25, -0.2) is 8.42 Å². The molecule has 0 bridgehead atoms. The Kier molecular flexibility index (Phi) is 3.91. The van der Waals surface area contributed by atoms with E-state index in [9.17, 15) is 28.6 Å². The van der Waals surface area contributed by atoms with Crippen LogP contribution in [0.5, 0.6) is 0 Å². The molecule has 0 saturated carbocycles. The lowest BCUT2D eigenvalue weighted by molar-refractivity contribution is -0.385. The lowest BCUT2D eigenvalue weighted by atomic mass is 10.2. The first-order chi connectivity index (χ1) is 10.2. The highest BCUT2D eigenvalue weighted by Gasteiger charge is 2.22. The molecule has 0 saturated heterocycles. The molecule has 22 heavy (non-hydrogen) atoms. The Labute approximate surface area is 125 Å². The number of benzene rings is 2. The molecular weight excluding hydrogens is 312 g/mol. The molecule has 0 amide bonds. The summed E-state index contributed by atoms with van der Waals surface area (Å²) in [4.78, 5) is 19.8. The smallest absolute Gasteiger partial charge is 0.258 e. The Bertz CT molecular complexity index is 876. The minimum absolute atomic E-state index is 0.156. The third-order valence-corrected chi connectivity index (χ3v) is 4.76. The molecule has 2 aromatic rings. The van der Waals surface area contributed by atoms with Gasteiger partial charge in [0.1, 0.15) is 0 Å². The summed E-state index contributed by atoms with van der Waals surface area (Å²) in [6.07, 6.45) is 0. The molecule has 0 aliphatic carbocycles. The van der Waals surface area contributed by atoms with Gasteiger partial charge in [-0.1, -0.05) is 6.07 Å². The molecule has 0 N–H and O–H groups in total. The van der Waals surface area contributed by atoms with Crippen molar-refractivity contribution in [3.8, 4) is 0 Å². The second-order valence-electron chi connectivity index (χ2n) is 4.46. The van der Waals surface area contributed by atoms with E-state index in [-0.39, 0.29) is 26.7 Å². The van der Waals surface area contributed by atoms with Crippen LogP contribution < -0.4 is 0 Å².